The number of hydrogen-bond acceptors (Lipinski definition) is 4. The van der Waals surface area contributed by atoms with Gasteiger partial charge in [0.25, 0.3) is 5.56 Å². The van der Waals surface area contributed by atoms with Crippen LogP contribution in [0.3, 0.4) is 0 Å². The fraction of sp³-hybridized carbons (Fsp3) is 0.667. The molecule has 1 aromatic heterocycles. The number of aliphatic hydroxyl groups is 1. The molecule has 1 aliphatic carbocycles. The highest BCUT2D eigenvalue weighted by molar-refractivity contribution is 6.32. The van der Waals surface area contributed by atoms with Gasteiger partial charge in [-0.15, -0.1) is 0 Å². The Hall–Kier alpha value is -1.28. The highest BCUT2D eigenvalue weighted by Gasteiger charge is 2.41. The Morgan fingerprint density at radius 2 is 2.14 bits per heavy atom. The number of aliphatic hydroxyl groups excluding tert-OH is 1. The van der Waals surface area contributed by atoms with Crippen molar-refractivity contribution < 1.29 is 18.3 Å². The van der Waals surface area contributed by atoms with Crippen LogP contribution in [0.4, 0.5) is 18.9 Å². The minimum absolute atomic E-state index is 0.0150. The van der Waals surface area contributed by atoms with Crippen molar-refractivity contribution >= 4 is 17.3 Å². The van der Waals surface area contributed by atoms with Crippen LogP contribution >= 0.6 is 11.6 Å². The van der Waals surface area contributed by atoms with Crippen molar-refractivity contribution in [2.75, 3.05) is 18.5 Å². The summed E-state index contributed by atoms with van der Waals surface area (Å²) >= 11 is 5.80. The van der Waals surface area contributed by atoms with Crippen LogP contribution in [0, 0.1) is 5.41 Å². The van der Waals surface area contributed by atoms with Gasteiger partial charge >= 0.3 is 6.18 Å². The van der Waals surface area contributed by atoms with Crippen LogP contribution in [-0.4, -0.2) is 34.2 Å². The Balaban J connectivity index is 2.08. The molecule has 0 unspecified atom stereocenters. The van der Waals surface area contributed by atoms with Crippen molar-refractivity contribution in [1.29, 1.82) is 0 Å². The fourth-order valence-electron chi connectivity index (χ4n) is 2.08. The highest BCUT2D eigenvalue weighted by atomic mass is 35.5. The number of hydrogen-bond donors (Lipinski definition) is 2. The van der Waals surface area contributed by atoms with E-state index in [0.29, 0.717) is 13.0 Å². The molecule has 2 rings (SSSR count). The molecule has 1 aliphatic rings. The Bertz CT molecular complexity index is 570. The topological polar surface area (TPSA) is 67.2 Å². The van der Waals surface area contributed by atoms with Gasteiger partial charge in [0.05, 0.1) is 11.9 Å². The summed E-state index contributed by atoms with van der Waals surface area (Å²) in [5.74, 6) is 0. The van der Waals surface area contributed by atoms with Crippen molar-refractivity contribution in [3.63, 3.8) is 0 Å². The van der Waals surface area contributed by atoms with E-state index in [4.69, 9.17) is 16.7 Å². The molecule has 5 nitrogen and oxygen atoms in total. The number of nitrogens with one attached hydrogen (secondary N) is 1. The summed E-state index contributed by atoms with van der Waals surface area (Å²) in [4.78, 5) is 11.7. The maximum atomic E-state index is 12.3. The number of halogens is 4. The van der Waals surface area contributed by atoms with Gasteiger partial charge in [0.2, 0.25) is 0 Å². The zero-order valence-corrected chi connectivity index (χ0v) is 11.8. The third-order valence-corrected chi connectivity index (χ3v) is 3.93. The molecule has 0 radical (unpaired) electrons. The van der Waals surface area contributed by atoms with Gasteiger partial charge in [-0.25, -0.2) is 4.68 Å². The van der Waals surface area contributed by atoms with Crippen molar-refractivity contribution in [3.8, 4) is 0 Å². The Morgan fingerprint density at radius 3 is 2.67 bits per heavy atom. The molecule has 1 saturated carbocycles. The molecule has 0 spiro atoms. The molecule has 0 aliphatic heterocycles. The first-order chi connectivity index (χ1) is 9.76. The van der Waals surface area contributed by atoms with Crippen LogP contribution in [-0.2, 0) is 6.54 Å². The third-order valence-electron chi connectivity index (χ3n) is 3.57. The van der Waals surface area contributed by atoms with Gasteiger partial charge in [-0.1, -0.05) is 11.6 Å². The number of alkyl halides is 3. The summed E-state index contributed by atoms with van der Waals surface area (Å²) in [6, 6.07) is 0. The van der Waals surface area contributed by atoms with Crippen LogP contribution in [0.1, 0.15) is 19.3 Å². The number of nitrogens with zero attached hydrogens (tertiary/aromatic N) is 2. The summed E-state index contributed by atoms with van der Waals surface area (Å²) in [7, 11) is 0. The zero-order valence-electron chi connectivity index (χ0n) is 11.1. The lowest BCUT2D eigenvalue weighted by Gasteiger charge is -2.16. The van der Waals surface area contributed by atoms with Gasteiger partial charge in [-0.3, -0.25) is 4.79 Å². The van der Waals surface area contributed by atoms with Gasteiger partial charge < -0.3 is 10.4 Å². The monoisotopic (exact) mass is 325 g/mol. The normalized spacial score (nSPS) is 16.8. The molecule has 1 heterocycles. The standard InChI is InChI=1S/C12H15ClF3N3O2/c13-9-8(17-6-11(1-2-11)3-4-20)5-18-19(10(9)21)7-12(14,15)16/h5,17,20H,1-4,6-7H2. The van der Waals surface area contributed by atoms with Crippen molar-refractivity contribution in [2.24, 2.45) is 5.41 Å². The van der Waals surface area contributed by atoms with Crippen LogP contribution in [0.15, 0.2) is 11.0 Å². The SMILES string of the molecule is O=c1c(Cl)c(NCC2(CCO)CC2)cnn1CC(F)(F)F. The molecule has 0 saturated heterocycles. The quantitative estimate of drug-likeness (QED) is 0.840. The Kier molecular flexibility index (Phi) is 4.48. The van der Waals surface area contributed by atoms with Crippen LogP contribution < -0.4 is 10.9 Å². The van der Waals surface area contributed by atoms with Crippen LogP contribution in [0.5, 0.6) is 0 Å². The second-order valence-corrected chi connectivity index (χ2v) is 5.66. The van der Waals surface area contributed by atoms with E-state index < -0.39 is 18.3 Å². The first-order valence-electron chi connectivity index (χ1n) is 6.43. The predicted octanol–water partition coefficient (Wildman–Crippen LogP) is 2.03. The molecule has 9 heteroatoms. The molecule has 21 heavy (non-hydrogen) atoms. The number of anilines is 1. The molecule has 1 fully saturated rings. The van der Waals surface area contributed by atoms with E-state index >= 15 is 0 Å². The van der Waals surface area contributed by atoms with E-state index in [1.807, 2.05) is 0 Å². The molecule has 0 aromatic carbocycles. The van der Waals surface area contributed by atoms with E-state index in [2.05, 4.69) is 10.4 Å². The van der Waals surface area contributed by atoms with Crippen LogP contribution in [0.2, 0.25) is 5.02 Å². The summed E-state index contributed by atoms with van der Waals surface area (Å²) in [6.45, 7) is -0.904. The Morgan fingerprint density at radius 1 is 1.48 bits per heavy atom. The van der Waals surface area contributed by atoms with Gasteiger partial charge in [-0.2, -0.15) is 18.3 Å². The van der Waals surface area contributed by atoms with Crippen molar-refractivity contribution in [1.82, 2.24) is 9.78 Å². The average molecular weight is 326 g/mol. The smallest absolute Gasteiger partial charge is 0.396 e. The molecule has 1 aromatic rings. The zero-order chi connectivity index (χ0) is 15.7. The summed E-state index contributed by atoms with van der Waals surface area (Å²) in [5.41, 5.74) is -0.783. The van der Waals surface area contributed by atoms with E-state index in [9.17, 15) is 18.0 Å². The average Bonchev–Trinajstić information content (AvgIpc) is 3.13. The Labute approximate surface area is 123 Å². The summed E-state index contributed by atoms with van der Waals surface area (Å²) in [5, 5.41) is 15.1. The van der Waals surface area contributed by atoms with Gasteiger partial charge in [0, 0.05) is 13.2 Å². The third kappa shape index (κ3) is 4.10. The fourth-order valence-corrected chi connectivity index (χ4v) is 2.30. The maximum Gasteiger partial charge on any atom is 0.408 e. The van der Waals surface area contributed by atoms with E-state index in [-0.39, 0.29) is 27.4 Å². The molecule has 0 bridgehead atoms. The minimum Gasteiger partial charge on any atom is -0.396 e. The first-order valence-corrected chi connectivity index (χ1v) is 6.81. The van der Waals surface area contributed by atoms with E-state index in [1.165, 1.54) is 0 Å². The van der Waals surface area contributed by atoms with Crippen molar-refractivity contribution in [2.45, 2.75) is 32.0 Å². The molecular formula is C12H15ClF3N3O2. The molecule has 0 atom stereocenters. The number of aromatic nitrogens is 2. The second kappa shape index (κ2) is 5.84. The summed E-state index contributed by atoms with van der Waals surface area (Å²) in [6.07, 6.45) is -0.873. The van der Waals surface area contributed by atoms with Crippen LogP contribution in [0.25, 0.3) is 0 Å². The lowest BCUT2D eigenvalue weighted by molar-refractivity contribution is -0.143. The molecule has 2 N–H and O–H groups in total. The predicted molar refractivity (Wildman–Crippen MR) is 71.4 cm³/mol. The number of rotatable bonds is 6. The second-order valence-electron chi connectivity index (χ2n) is 5.28. The lowest BCUT2D eigenvalue weighted by Crippen LogP contribution is -2.31. The largest absolute Gasteiger partial charge is 0.408 e. The molecule has 0 amide bonds. The lowest BCUT2D eigenvalue weighted by atomic mass is 10.0. The van der Waals surface area contributed by atoms with Gasteiger partial charge in [0.1, 0.15) is 11.6 Å². The first kappa shape index (κ1) is 16.1. The van der Waals surface area contributed by atoms with Gasteiger partial charge in [0.15, 0.2) is 0 Å². The van der Waals surface area contributed by atoms with Gasteiger partial charge in [-0.05, 0) is 24.7 Å². The highest BCUT2D eigenvalue weighted by Crippen LogP contribution is 2.48. The summed E-state index contributed by atoms with van der Waals surface area (Å²) < 4.78 is 37.1. The van der Waals surface area contributed by atoms with E-state index in [1.54, 1.807) is 0 Å². The van der Waals surface area contributed by atoms with E-state index in [0.717, 1.165) is 19.0 Å². The minimum atomic E-state index is -4.53. The molecule has 118 valence electrons. The molecular weight excluding hydrogens is 311 g/mol. The van der Waals surface area contributed by atoms with Crippen molar-refractivity contribution in [3.05, 3.63) is 21.6 Å². The maximum absolute atomic E-state index is 12.3.